The molecule has 1 fully saturated rings. The van der Waals surface area contributed by atoms with Crippen molar-refractivity contribution in [1.82, 2.24) is 0 Å². The number of ether oxygens (including phenoxy) is 3. The summed E-state index contributed by atoms with van der Waals surface area (Å²) in [6, 6.07) is 0. The average molecular weight is 373 g/mol. The van der Waals surface area contributed by atoms with Gasteiger partial charge in [-0.1, -0.05) is 26.7 Å². The molecule has 1 aliphatic rings. The summed E-state index contributed by atoms with van der Waals surface area (Å²) in [5.41, 5.74) is 0. The number of esters is 1. The van der Waals surface area contributed by atoms with Gasteiger partial charge in [0.25, 0.3) is 0 Å². The molecule has 6 nitrogen and oxygen atoms in total. The van der Waals surface area contributed by atoms with Gasteiger partial charge in [0, 0.05) is 6.42 Å². The lowest BCUT2D eigenvalue weighted by molar-refractivity contribution is -0.169. The predicted octanol–water partition coefficient (Wildman–Crippen LogP) is 2.45. The Kier molecular flexibility index (Phi) is 6.87. The van der Waals surface area contributed by atoms with Gasteiger partial charge in [-0.15, -0.1) is 6.42 Å². The number of hydrogen-bond donors (Lipinski definition) is 1. The van der Waals surface area contributed by atoms with Crippen molar-refractivity contribution in [1.29, 1.82) is 0 Å². The topological polar surface area (TPSA) is 74.2 Å². The molecule has 0 saturated carbocycles. The van der Waals surface area contributed by atoms with Crippen molar-refractivity contribution < 1.29 is 28.5 Å². The minimum atomic E-state index is -2.20. The van der Waals surface area contributed by atoms with Gasteiger partial charge in [-0.25, -0.2) is 4.79 Å². The molecule has 7 heteroatoms. The second-order valence-corrected chi connectivity index (χ2v) is 13.1. The van der Waals surface area contributed by atoms with E-state index in [9.17, 15) is 9.90 Å². The van der Waals surface area contributed by atoms with Crippen molar-refractivity contribution in [3.05, 3.63) is 0 Å². The van der Waals surface area contributed by atoms with E-state index in [4.69, 9.17) is 25.1 Å². The molecule has 0 aromatic carbocycles. The first-order valence-electron chi connectivity index (χ1n) is 8.49. The third kappa shape index (κ3) is 5.53. The maximum absolute atomic E-state index is 12.2. The van der Waals surface area contributed by atoms with Crippen LogP contribution in [-0.2, 0) is 23.4 Å². The summed E-state index contributed by atoms with van der Waals surface area (Å²) in [6.45, 7) is 14.0. The molecule has 0 amide bonds. The Morgan fingerprint density at radius 1 is 1.36 bits per heavy atom. The number of carbonyl (C=O) groups excluding carboxylic acids is 1. The van der Waals surface area contributed by atoms with Crippen molar-refractivity contribution in [2.75, 3.05) is 7.11 Å². The van der Waals surface area contributed by atoms with Crippen LogP contribution in [0.15, 0.2) is 0 Å². The van der Waals surface area contributed by atoms with E-state index in [1.165, 1.54) is 7.11 Å². The van der Waals surface area contributed by atoms with Crippen LogP contribution in [0.25, 0.3) is 0 Å². The SMILES string of the molecule is C#C[C@@H](O)C[C@H](O[Si](C)(C)C(C)(C)C)[C@@H]1OC(C)(C)O[C@@H]1C(=O)OC. The van der Waals surface area contributed by atoms with Crippen LogP contribution in [0.5, 0.6) is 0 Å². The molecule has 0 radical (unpaired) electrons. The lowest BCUT2D eigenvalue weighted by Gasteiger charge is -2.41. The Hall–Kier alpha value is -0.913. The van der Waals surface area contributed by atoms with Gasteiger partial charge in [-0.05, 0) is 32.0 Å². The van der Waals surface area contributed by atoms with Crippen LogP contribution in [0.3, 0.4) is 0 Å². The Balaban J connectivity index is 3.17. The zero-order valence-electron chi connectivity index (χ0n) is 16.6. The maximum Gasteiger partial charge on any atom is 0.337 e. The molecular formula is C18H32O6Si. The largest absolute Gasteiger partial charge is 0.467 e. The number of hydrogen-bond acceptors (Lipinski definition) is 6. The van der Waals surface area contributed by atoms with E-state index in [1.807, 2.05) is 0 Å². The molecule has 0 unspecified atom stereocenters. The van der Waals surface area contributed by atoms with Crippen LogP contribution in [0, 0.1) is 12.3 Å². The first kappa shape index (κ1) is 22.1. The number of rotatable bonds is 6. The first-order valence-corrected chi connectivity index (χ1v) is 11.4. The quantitative estimate of drug-likeness (QED) is 0.439. The summed E-state index contributed by atoms with van der Waals surface area (Å²) >= 11 is 0. The van der Waals surface area contributed by atoms with Crippen LogP contribution in [0.1, 0.15) is 41.0 Å². The van der Waals surface area contributed by atoms with Gasteiger partial charge in [0.05, 0.1) is 13.2 Å². The molecule has 25 heavy (non-hydrogen) atoms. The zero-order valence-corrected chi connectivity index (χ0v) is 17.6. The summed E-state index contributed by atoms with van der Waals surface area (Å²) in [5, 5.41) is 9.93. The number of aliphatic hydroxyl groups excluding tert-OH is 1. The minimum Gasteiger partial charge on any atom is -0.467 e. The normalized spacial score (nSPS) is 25.9. The Bertz CT molecular complexity index is 517. The molecule has 0 aromatic rings. The summed E-state index contributed by atoms with van der Waals surface area (Å²) < 4.78 is 23.0. The molecule has 1 heterocycles. The minimum absolute atomic E-state index is 0.0535. The molecule has 1 saturated heterocycles. The highest BCUT2D eigenvalue weighted by molar-refractivity contribution is 6.74. The Labute approximate surface area is 152 Å². The van der Waals surface area contributed by atoms with Crippen molar-refractivity contribution in [3.8, 4) is 12.3 Å². The summed E-state index contributed by atoms with van der Waals surface area (Å²) in [4.78, 5) is 12.2. The highest BCUT2D eigenvalue weighted by atomic mass is 28.4. The molecule has 0 aromatic heterocycles. The molecule has 0 aliphatic carbocycles. The molecule has 144 valence electrons. The predicted molar refractivity (Wildman–Crippen MR) is 97.4 cm³/mol. The molecule has 4 atom stereocenters. The number of carbonyl (C=O) groups is 1. The van der Waals surface area contributed by atoms with Crippen molar-refractivity contribution in [3.63, 3.8) is 0 Å². The summed E-state index contributed by atoms with van der Waals surface area (Å²) in [7, 11) is -0.904. The van der Waals surface area contributed by atoms with E-state index in [2.05, 4.69) is 39.8 Å². The second kappa shape index (κ2) is 7.76. The van der Waals surface area contributed by atoms with E-state index in [0.29, 0.717) is 0 Å². The second-order valence-electron chi connectivity index (χ2n) is 8.38. The average Bonchev–Trinajstić information content (AvgIpc) is 2.80. The Morgan fingerprint density at radius 2 is 1.92 bits per heavy atom. The maximum atomic E-state index is 12.2. The standard InChI is InChI=1S/C18H32O6Si/c1-10-12(19)11-13(24-25(8,9)17(2,3)4)14-15(16(20)21-7)23-18(5,6)22-14/h1,12-15,19H,11H2,2-9H3/t12-,13+,14+,15+/m1/s1. The van der Waals surface area contributed by atoms with Crippen molar-refractivity contribution >= 4 is 14.3 Å². The smallest absolute Gasteiger partial charge is 0.337 e. The van der Waals surface area contributed by atoms with Gasteiger partial charge in [-0.2, -0.15) is 0 Å². The third-order valence-electron chi connectivity index (χ3n) is 4.83. The summed E-state index contributed by atoms with van der Waals surface area (Å²) in [5.74, 6) is 0.809. The van der Waals surface area contributed by atoms with E-state index < -0.39 is 44.5 Å². The third-order valence-corrected chi connectivity index (χ3v) is 9.33. The lowest BCUT2D eigenvalue weighted by Crippen LogP contribution is -2.51. The number of aliphatic hydroxyl groups is 1. The van der Waals surface area contributed by atoms with E-state index >= 15 is 0 Å². The van der Waals surface area contributed by atoms with Gasteiger partial charge < -0.3 is 23.7 Å². The molecule has 1 aliphatic heterocycles. The van der Waals surface area contributed by atoms with Crippen molar-refractivity contribution in [2.24, 2.45) is 0 Å². The fourth-order valence-corrected chi connectivity index (χ4v) is 3.79. The molecule has 0 bridgehead atoms. The number of terminal acetylenes is 1. The molecule has 1 rings (SSSR count). The van der Waals surface area contributed by atoms with Crippen LogP contribution < -0.4 is 0 Å². The highest BCUT2D eigenvalue weighted by Gasteiger charge is 2.52. The van der Waals surface area contributed by atoms with Gasteiger partial charge in [-0.3, -0.25) is 0 Å². The van der Waals surface area contributed by atoms with Crippen LogP contribution >= 0.6 is 0 Å². The lowest BCUT2D eigenvalue weighted by atomic mass is 10.0. The van der Waals surface area contributed by atoms with Crippen LogP contribution in [0.4, 0.5) is 0 Å². The fraction of sp³-hybridized carbons (Fsp3) is 0.833. The molecule has 1 N–H and O–H groups in total. The van der Waals surface area contributed by atoms with Gasteiger partial charge in [0.15, 0.2) is 20.2 Å². The highest BCUT2D eigenvalue weighted by Crippen LogP contribution is 2.40. The zero-order chi connectivity index (χ0) is 19.6. The van der Waals surface area contributed by atoms with E-state index in [1.54, 1.807) is 13.8 Å². The van der Waals surface area contributed by atoms with Crippen molar-refractivity contribution in [2.45, 2.75) is 89.4 Å². The van der Waals surface area contributed by atoms with Gasteiger partial charge in [0.2, 0.25) is 0 Å². The fourth-order valence-electron chi connectivity index (χ4n) is 2.45. The van der Waals surface area contributed by atoms with Gasteiger partial charge >= 0.3 is 5.97 Å². The van der Waals surface area contributed by atoms with Gasteiger partial charge in [0.1, 0.15) is 12.2 Å². The van der Waals surface area contributed by atoms with Crippen LogP contribution in [-0.4, -0.2) is 56.7 Å². The number of methoxy groups -OCH3 is 1. The first-order chi connectivity index (χ1) is 11.2. The molecule has 0 spiro atoms. The Morgan fingerprint density at radius 3 is 2.36 bits per heavy atom. The van der Waals surface area contributed by atoms with E-state index in [-0.39, 0.29) is 11.5 Å². The monoisotopic (exact) mass is 372 g/mol. The summed E-state index contributed by atoms with van der Waals surface area (Å²) in [6.07, 6.45) is 2.26. The molecular weight excluding hydrogens is 340 g/mol. The van der Waals surface area contributed by atoms with Crippen LogP contribution in [0.2, 0.25) is 18.1 Å². The van der Waals surface area contributed by atoms with E-state index in [0.717, 1.165) is 0 Å².